The maximum atomic E-state index is 2.52. The van der Waals surface area contributed by atoms with Gasteiger partial charge < -0.3 is 4.90 Å². The van der Waals surface area contributed by atoms with Crippen molar-refractivity contribution < 1.29 is 0 Å². The van der Waals surface area contributed by atoms with Gasteiger partial charge >= 0.3 is 0 Å². The van der Waals surface area contributed by atoms with Crippen LogP contribution in [0, 0.1) is 0 Å². The van der Waals surface area contributed by atoms with E-state index in [1.165, 1.54) is 25.4 Å². The first-order valence-electron chi connectivity index (χ1n) is 5.89. The van der Waals surface area contributed by atoms with E-state index >= 15 is 0 Å². The normalized spacial score (nSPS) is 16.4. The van der Waals surface area contributed by atoms with E-state index in [9.17, 15) is 0 Å². The predicted molar refractivity (Wildman–Crippen MR) is 69.8 cm³/mol. The molecule has 0 heterocycles. The molecule has 0 amide bonds. The molecule has 0 fully saturated rings. The van der Waals surface area contributed by atoms with Crippen LogP contribution < -0.4 is 0 Å². The van der Waals surface area contributed by atoms with Crippen molar-refractivity contribution in [2.24, 2.45) is 0 Å². The smallest absolute Gasteiger partial charge is 0.0423 e. The van der Waals surface area contributed by atoms with Gasteiger partial charge in [-0.3, -0.25) is 0 Å². The molecular formula is C12H27NSi. The first-order valence-corrected chi connectivity index (χ1v) is 8.53. The van der Waals surface area contributed by atoms with E-state index in [2.05, 4.69) is 51.5 Å². The molecular weight excluding hydrogens is 186 g/mol. The third-order valence-electron chi connectivity index (χ3n) is 2.82. The maximum absolute atomic E-state index is 2.52. The Bertz CT molecular complexity index is 154. The van der Waals surface area contributed by atoms with Crippen LogP contribution in [0.5, 0.6) is 0 Å². The molecule has 0 aromatic rings. The average molecular weight is 213 g/mol. The molecule has 14 heavy (non-hydrogen) atoms. The third-order valence-corrected chi connectivity index (χ3v) is 6.01. The van der Waals surface area contributed by atoms with Crippen molar-refractivity contribution in [2.75, 3.05) is 20.6 Å². The monoisotopic (exact) mass is 213 g/mol. The summed E-state index contributed by atoms with van der Waals surface area (Å²) in [5.41, 5.74) is 0.921. The van der Waals surface area contributed by atoms with Crippen LogP contribution in [0.4, 0.5) is 0 Å². The summed E-state index contributed by atoms with van der Waals surface area (Å²) in [4.78, 5) is 2.31. The molecule has 2 heteroatoms. The summed E-state index contributed by atoms with van der Waals surface area (Å²) in [5, 5.41) is 0. The van der Waals surface area contributed by atoms with Crippen molar-refractivity contribution in [2.45, 2.75) is 44.8 Å². The lowest BCUT2D eigenvalue weighted by atomic mass is 10.2. The van der Waals surface area contributed by atoms with Gasteiger partial charge in [-0.25, -0.2) is 0 Å². The van der Waals surface area contributed by atoms with Crippen molar-refractivity contribution in [3.8, 4) is 0 Å². The molecule has 0 bridgehead atoms. The van der Waals surface area contributed by atoms with Gasteiger partial charge in [0.2, 0.25) is 0 Å². The van der Waals surface area contributed by atoms with E-state index in [-0.39, 0.29) is 0 Å². The van der Waals surface area contributed by atoms with Gasteiger partial charge in [-0.15, -0.1) is 0 Å². The van der Waals surface area contributed by atoms with Crippen LogP contribution in [0.25, 0.3) is 0 Å². The second-order valence-corrected chi connectivity index (χ2v) is 7.94. The minimum absolute atomic E-state index is 0.537. The molecule has 0 rings (SSSR count). The number of nitrogens with zero attached hydrogens (tertiary/aromatic N) is 1. The molecule has 1 nitrogen and oxygen atoms in total. The van der Waals surface area contributed by atoms with Crippen LogP contribution in [0.2, 0.25) is 18.1 Å². The molecule has 0 aliphatic heterocycles. The summed E-state index contributed by atoms with van der Waals surface area (Å²) < 4.78 is 0. The third kappa shape index (κ3) is 6.38. The fourth-order valence-corrected chi connectivity index (χ4v) is 4.68. The van der Waals surface area contributed by atoms with Gasteiger partial charge in [0.1, 0.15) is 0 Å². The van der Waals surface area contributed by atoms with Crippen molar-refractivity contribution in [3.63, 3.8) is 0 Å². The van der Waals surface area contributed by atoms with E-state index < -0.39 is 8.80 Å². The van der Waals surface area contributed by atoms with Crippen LogP contribution in [-0.4, -0.2) is 34.3 Å². The highest BCUT2D eigenvalue weighted by molar-refractivity contribution is 6.59. The Hall–Kier alpha value is -0.0831. The van der Waals surface area contributed by atoms with Gasteiger partial charge in [0, 0.05) is 8.80 Å². The zero-order valence-corrected chi connectivity index (χ0v) is 11.7. The van der Waals surface area contributed by atoms with Gasteiger partial charge in [-0.2, -0.15) is 0 Å². The van der Waals surface area contributed by atoms with Crippen LogP contribution in [0.1, 0.15) is 26.7 Å². The molecule has 0 saturated heterocycles. The zero-order chi connectivity index (χ0) is 11.0. The Kier molecular flexibility index (Phi) is 8.19. The van der Waals surface area contributed by atoms with Gasteiger partial charge in [0.25, 0.3) is 0 Å². The zero-order valence-electron chi connectivity index (χ0n) is 10.6. The molecule has 2 unspecified atom stereocenters. The summed E-state index contributed by atoms with van der Waals surface area (Å²) in [6.07, 6.45) is 7.40. The van der Waals surface area contributed by atoms with E-state index in [4.69, 9.17) is 0 Å². The van der Waals surface area contributed by atoms with Gasteiger partial charge in [-0.1, -0.05) is 32.0 Å². The number of hydrogen-bond acceptors (Lipinski definition) is 1. The molecule has 0 aliphatic rings. The summed E-state index contributed by atoms with van der Waals surface area (Å²) in [6, 6.07) is 1.45. The lowest BCUT2D eigenvalue weighted by molar-refractivity contribution is 0.431. The van der Waals surface area contributed by atoms with Crippen molar-refractivity contribution >= 4 is 8.80 Å². The highest BCUT2D eigenvalue weighted by Crippen LogP contribution is 2.21. The SMILES string of the molecule is C/C=C/C(CCC)[SiH](C)CCN(C)C. The van der Waals surface area contributed by atoms with Crippen LogP contribution in [0.15, 0.2) is 12.2 Å². The topological polar surface area (TPSA) is 3.24 Å². The Morgan fingerprint density at radius 1 is 1.36 bits per heavy atom. The standard InChI is InChI=1S/C12H27NSi/c1-6-8-12(9-7-2)14(5)11-10-13(3)4/h6,8,12,14H,7,9-11H2,1-5H3/b8-6+. The summed E-state index contributed by atoms with van der Waals surface area (Å²) in [6.45, 7) is 8.23. The molecule has 0 radical (unpaired) electrons. The number of rotatable bonds is 7. The van der Waals surface area contributed by atoms with Crippen molar-refractivity contribution in [1.82, 2.24) is 4.90 Å². The van der Waals surface area contributed by atoms with Gasteiger partial charge in [0.05, 0.1) is 0 Å². The lowest BCUT2D eigenvalue weighted by Crippen LogP contribution is -2.22. The molecule has 0 aromatic carbocycles. The molecule has 0 N–H and O–H groups in total. The average Bonchev–Trinajstić information content (AvgIpc) is 2.14. The highest BCUT2D eigenvalue weighted by Gasteiger charge is 2.14. The van der Waals surface area contributed by atoms with E-state index in [1.54, 1.807) is 0 Å². The fraction of sp³-hybridized carbons (Fsp3) is 0.833. The first kappa shape index (κ1) is 13.9. The summed E-state index contributed by atoms with van der Waals surface area (Å²) >= 11 is 0. The molecule has 0 spiro atoms. The van der Waals surface area contributed by atoms with Gasteiger partial charge in [0.15, 0.2) is 0 Å². The van der Waals surface area contributed by atoms with Crippen LogP contribution >= 0.6 is 0 Å². The van der Waals surface area contributed by atoms with E-state index in [0.29, 0.717) is 0 Å². The number of hydrogen-bond donors (Lipinski definition) is 0. The molecule has 0 aromatic heterocycles. The Labute approximate surface area is 91.8 Å². The Balaban J connectivity index is 3.94. The van der Waals surface area contributed by atoms with Crippen molar-refractivity contribution in [3.05, 3.63) is 12.2 Å². The largest absolute Gasteiger partial charge is 0.310 e. The molecule has 0 saturated carbocycles. The van der Waals surface area contributed by atoms with Crippen LogP contribution in [0.3, 0.4) is 0 Å². The molecule has 2 atom stereocenters. The highest BCUT2D eigenvalue weighted by atomic mass is 28.3. The van der Waals surface area contributed by atoms with Crippen molar-refractivity contribution in [1.29, 1.82) is 0 Å². The second-order valence-electron chi connectivity index (χ2n) is 4.55. The fourth-order valence-electron chi connectivity index (χ4n) is 1.83. The first-order chi connectivity index (χ1) is 6.61. The Morgan fingerprint density at radius 2 is 2.00 bits per heavy atom. The number of allylic oxidation sites excluding steroid dienone is 2. The summed E-state index contributed by atoms with van der Waals surface area (Å²) in [7, 11) is 3.81. The van der Waals surface area contributed by atoms with Gasteiger partial charge in [-0.05, 0) is 45.6 Å². The second kappa shape index (κ2) is 8.24. The minimum Gasteiger partial charge on any atom is -0.310 e. The minimum atomic E-state index is -0.537. The molecule has 0 aliphatic carbocycles. The van der Waals surface area contributed by atoms with E-state index in [1.807, 2.05) is 0 Å². The quantitative estimate of drug-likeness (QED) is 0.464. The Morgan fingerprint density at radius 3 is 2.43 bits per heavy atom. The molecule has 84 valence electrons. The lowest BCUT2D eigenvalue weighted by Gasteiger charge is -2.20. The maximum Gasteiger partial charge on any atom is 0.0423 e. The van der Waals surface area contributed by atoms with Crippen LogP contribution in [-0.2, 0) is 0 Å². The predicted octanol–water partition coefficient (Wildman–Crippen LogP) is 3.15. The van der Waals surface area contributed by atoms with E-state index in [0.717, 1.165) is 5.54 Å². The summed E-state index contributed by atoms with van der Waals surface area (Å²) in [5.74, 6) is 0.